The third-order valence-electron chi connectivity index (χ3n) is 5.23. The normalized spacial score (nSPS) is 12.7. The minimum Gasteiger partial charge on any atom is -0.444 e. The minimum absolute atomic E-state index is 0.00870. The number of aromatic nitrogens is 2. The van der Waals surface area contributed by atoms with Gasteiger partial charge in [0.15, 0.2) is 5.78 Å². The fourth-order valence-electron chi connectivity index (χ4n) is 3.36. The molecule has 1 atom stereocenters. The topological polar surface area (TPSA) is 104 Å². The molecule has 0 fully saturated rings. The summed E-state index contributed by atoms with van der Waals surface area (Å²) in [5.41, 5.74) is -0.198. The first-order valence-corrected chi connectivity index (χ1v) is 12.1. The number of nitrogens with one attached hydrogen (secondary N) is 1. The first kappa shape index (κ1) is 27.4. The molecule has 0 unspecified atom stereocenters. The average molecular weight is 514 g/mol. The number of carbonyl (C=O) groups is 2. The van der Waals surface area contributed by atoms with Crippen LogP contribution in [0.4, 0.5) is 4.79 Å². The molecule has 0 spiro atoms. The first-order chi connectivity index (χ1) is 16.9. The van der Waals surface area contributed by atoms with Crippen molar-refractivity contribution in [3.05, 3.63) is 71.1 Å². The van der Waals surface area contributed by atoms with Gasteiger partial charge in [-0.25, -0.2) is 4.79 Å². The van der Waals surface area contributed by atoms with Gasteiger partial charge >= 0.3 is 6.09 Å². The van der Waals surface area contributed by atoms with E-state index in [1.54, 1.807) is 52.8 Å². The largest absolute Gasteiger partial charge is 0.444 e. The number of benzene rings is 2. The van der Waals surface area contributed by atoms with Crippen molar-refractivity contribution < 1.29 is 23.5 Å². The fraction of sp³-hybridized carbons (Fsp3) is 0.407. The summed E-state index contributed by atoms with van der Waals surface area (Å²) in [5.74, 6) is -0.205. The third-order valence-corrected chi connectivity index (χ3v) is 5.47. The molecule has 3 rings (SSSR count). The summed E-state index contributed by atoms with van der Waals surface area (Å²) in [4.78, 5) is 25.6. The van der Waals surface area contributed by atoms with Gasteiger partial charge in [-0.05, 0) is 58.4 Å². The molecule has 3 aromatic rings. The second-order valence-corrected chi connectivity index (χ2v) is 10.5. The molecule has 0 bridgehead atoms. The lowest BCUT2D eigenvalue weighted by Gasteiger charge is -2.28. The number of alkyl carbamates (subject to hydrolysis) is 1. The Hall–Kier alpha value is -3.23. The molecule has 1 N–H and O–H groups in total. The zero-order valence-corrected chi connectivity index (χ0v) is 22.0. The summed E-state index contributed by atoms with van der Waals surface area (Å²) < 4.78 is 17.2. The van der Waals surface area contributed by atoms with Crippen LogP contribution in [0.15, 0.2) is 59.0 Å². The Bertz CT molecular complexity index is 1170. The van der Waals surface area contributed by atoms with Gasteiger partial charge in [0.25, 0.3) is 0 Å². The highest BCUT2D eigenvalue weighted by molar-refractivity contribution is 6.30. The van der Waals surface area contributed by atoms with Gasteiger partial charge in [0.2, 0.25) is 11.8 Å². The summed E-state index contributed by atoms with van der Waals surface area (Å²) in [7, 11) is 0. The molecule has 9 heteroatoms. The zero-order chi connectivity index (χ0) is 26.3. The van der Waals surface area contributed by atoms with E-state index in [0.717, 1.165) is 5.56 Å². The molecule has 1 amide bonds. The Kier molecular flexibility index (Phi) is 8.87. The van der Waals surface area contributed by atoms with E-state index in [1.807, 2.05) is 36.4 Å². The number of rotatable bonds is 10. The van der Waals surface area contributed by atoms with Gasteiger partial charge in [0, 0.05) is 17.0 Å². The van der Waals surface area contributed by atoms with Crippen molar-refractivity contribution in [1.29, 1.82) is 0 Å². The van der Waals surface area contributed by atoms with E-state index in [-0.39, 0.29) is 24.7 Å². The quantitative estimate of drug-likeness (QED) is 0.357. The molecule has 192 valence electrons. The van der Waals surface area contributed by atoms with E-state index in [0.29, 0.717) is 23.1 Å². The highest BCUT2D eigenvalue weighted by Gasteiger charge is 2.34. The van der Waals surface area contributed by atoms with Crippen LogP contribution in [0, 0.1) is 0 Å². The molecule has 0 saturated heterocycles. The van der Waals surface area contributed by atoms with Gasteiger partial charge in [0.1, 0.15) is 5.60 Å². The highest BCUT2D eigenvalue weighted by Crippen LogP contribution is 2.27. The van der Waals surface area contributed by atoms with E-state index in [9.17, 15) is 9.59 Å². The van der Waals surface area contributed by atoms with Crippen LogP contribution in [0.3, 0.4) is 0 Å². The van der Waals surface area contributed by atoms with E-state index in [4.69, 9.17) is 25.5 Å². The van der Waals surface area contributed by atoms with Crippen LogP contribution in [0.5, 0.6) is 0 Å². The lowest BCUT2D eigenvalue weighted by Crippen LogP contribution is -2.51. The molecule has 2 aromatic carbocycles. The van der Waals surface area contributed by atoms with Crippen LogP contribution < -0.4 is 5.32 Å². The number of Topliss-reactive ketones (excluding diaryl/α,β-unsaturated/α-hetero) is 1. The number of halogens is 1. The van der Waals surface area contributed by atoms with Crippen LogP contribution in [-0.4, -0.2) is 39.8 Å². The van der Waals surface area contributed by atoms with Crippen molar-refractivity contribution >= 4 is 23.5 Å². The Morgan fingerprint density at radius 1 is 1.03 bits per heavy atom. The number of nitrogens with zero attached hydrogens (tertiary/aromatic N) is 2. The van der Waals surface area contributed by atoms with Gasteiger partial charge in [-0.15, -0.1) is 10.2 Å². The van der Waals surface area contributed by atoms with Crippen LogP contribution in [0.25, 0.3) is 11.5 Å². The molecule has 0 aliphatic carbocycles. The number of ether oxygens (including phenoxy) is 2. The first-order valence-electron chi connectivity index (χ1n) is 11.7. The van der Waals surface area contributed by atoms with Gasteiger partial charge in [-0.3, -0.25) is 4.79 Å². The van der Waals surface area contributed by atoms with Crippen molar-refractivity contribution in [3.63, 3.8) is 0 Å². The smallest absolute Gasteiger partial charge is 0.408 e. The van der Waals surface area contributed by atoms with Gasteiger partial charge in [-0.2, -0.15) is 0 Å². The monoisotopic (exact) mass is 513 g/mol. The molecule has 0 radical (unpaired) electrons. The number of hydrogen-bond donors (Lipinski definition) is 1. The summed E-state index contributed by atoms with van der Waals surface area (Å²) in [5, 5.41) is 11.5. The van der Waals surface area contributed by atoms with E-state index >= 15 is 0 Å². The maximum atomic E-state index is 13.3. The lowest BCUT2D eigenvalue weighted by atomic mass is 9.91. The average Bonchev–Trinajstić information content (AvgIpc) is 3.27. The zero-order valence-electron chi connectivity index (χ0n) is 21.2. The van der Waals surface area contributed by atoms with Crippen molar-refractivity contribution in [2.45, 2.75) is 64.7 Å². The van der Waals surface area contributed by atoms with Crippen molar-refractivity contribution in [2.24, 2.45) is 0 Å². The Morgan fingerprint density at radius 2 is 1.75 bits per heavy atom. The van der Waals surface area contributed by atoms with Crippen LogP contribution in [0.1, 0.15) is 58.4 Å². The fourth-order valence-corrected chi connectivity index (χ4v) is 3.55. The minimum atomic E-state index is -1.18. The Labute approximate surface area is 216 Å². The van der Waals surface area contributed by atoms with Crippen LogP contribution in [0.2, 0.25) is 5.02 Å². The Balaban J connectivity index is 1.76. The van der Waals surface area contributed by atoms with E-state index in [1.165, 1.54) is 0 Å². The summed E-state index contributed by atoms with van der Waals surface area (Å²) in [6.45, 7) is 9.07. The van der Waals surface area contributed by atoms with Crippen molar-refractivity contribution in [1.82, 2.24) is 15.5 Å². The maximum Gasteiger partial charge on any atom is 0.408 e. The second kappa shape index (κ2) is 11.7. The summed E-state index contributed by atoms with van der Waals surface area (Å²) in [6.07, 6.45) is -0.659. The second-order valence-electron chi connectivity index (χ2n) is 10.0. The van der Waals surface area contributed by atoms with Crippen LogP contribution >= 0.6 is 11.6 Å². The number of ketones is 1. The lowest BCUT2D eigenvalue weighted by molar-refractivity contribution is -0.125. The van der Waals surface area contributed by atoms with Gasteiger partial charge in [0.05, 0.1) is 24.7 Å². The molecule has 8 nitrogen and oxygen atoms in total. The van der Waals surface area contributed by atoms with E-state index < -0.39 is 23.2 Å². The molecule has 36 heavy (non-hydrogen) atoms. The molecule has 0 saturated carbocycles. The van der Waals surface area contributed by atoms with E-state index in [2.05, 4.69) is 15.5 Å². The standard InChI is InChI=1S/C27H32ClN3O5/c1-26(2,3)36-25(33)29-27(4,5)22(32)15-20(17-34-16-18-10-7-6-8-11-18)24-31-30-23(35-24)19-12-9-13-21(28)14-19/h6-14,20H,15-17H2,1-5H3,(H,29,33)/t20-/m1/s1. The number of hydrogen-bond acceptors (Lipinski definition) is 7. The molecular formula is C27H32ClN3O5. The van der Waals surface area contributed by atoms with Crippen molar-refractivity contribution in [2.75, 3.05) is 6.61 Å². The molecule has 0 aliphatic rings. The predicted molar refractivity (Wildman–Crippen MR) is 137 cm³/mol. The maximum absolute atomic E-state index is 13.3. The molecule has 1 heterocycles. The number of amides is 1. The number of carbonyl (C=O) groups excluding carboxylic acids is 2. The summed E-state index contributed by atoms with van der Waals surface area (Å²) in [6, 6.07) is 16.8. The molecule has 0 aliphatic heterocycles. The predicted octanol–water partition coefficient (Wildman–Crippen LogP) is 5.95. The highest BCUT2D eigenvalue weighted by atomic mass is 35.5. The van der Waals surface area contributed by atoms with Crippen LogP contribution in [-0.2, 0) is 20.9 Å². The van der Waals surface area contributed by atoms with Gasteiger partial charge in [-0.1, -0.05) is 48.0 Å². The Morgan fingerprint density at radius 3 is 2.42 bits per heavy atom. The third kappa shape index (κ3) is 8.17. The summed E-state index contributed by atoms with van der Waals surface area (Å²) >= 11 is 6.09. The van der Waals surface area contributed by atoms with Crippen molar-refractivity contribution in [3.8, 4) is 11.5 Å². The van der Waals surface area contributed by atoms with Gasteiger partial charge < -0.3 is 19.2 Å². The SMILES string of the molecule is CC(C)(C)OC(=O)NC(C)(C)C(=O)C[C@H](COCc1ccccc1)c1nnc(-c2cccc(Cl)c2)o1. The molecular weight excluding hydrogens is 482 g/mol. The molecule has 1 aromatic heterocycles.